The Balaban J connectivity index is 3.83. The van der Waals surface area contributed by atoms with Crippen LogP contribution >= 0.6 is 0 Å². The van der Waals surface area contributed by atoms with Gasteiger partial charge in [0.2, 0.25) is 0 Å². The average Bonchev–Trinajstić information content (AvgIpc) is 1.87. The highest BCUT2D eigenvalue weighted by Crippen LogP contribution is 1.87. The van der Waals surface area contributed by atoms with Crippen molar-refractivity contribution in [1.82, 2.24) is 5.01 Å². The molecular formula is C6H10N2O2. The average molecular weight is 142 g/mol. The second kappa shape index (κ2) is 4.55. The quantitative estimate of drug-likeness (QED) is 0.325. The minimum Gasteiger partial charge on any atom is -0.235 e. The molecule has 0 aliphatic carbocycles. The predicted molar refractivity (Wildman–Crippen MR) is 39.0 cm³/mol. The van der Waals surface area contributed by atoms with Crippen molar-refractivity contribution in [2.45, 2.75) is 0 Å². The van der Waals surface area contributed by atoms with Gasteiger partial charge in [-0.15, -0.1) is 18.2 Å². The van der Waals surface area contributed by atoms with Gasteiger partial charge < -0.3 is 0 Å². The van der Waals surface area contributed by atoms with Gasteiger partial charge in [0, 0.05) is 0 Å². The number of nitro groups is 1. The van der Waals surface area contributed by atoms with Gasteiger partial charge in [-0.2, -0.15) is 0 Å². The summed E-state index contributed by atoms with van der Waals surface area (Å²) < 4.78 is 0. The molecule has 4 nitrogen and oxygen atoms in total. The van der Waals surface area contributed by atoms with E-state index in [2.05, 4.69) is 13.2 Å². The highest BCUT2D eigenvalue weighted by atomic mass is 16.7. The molecule has 0 N–H and O–H groups in total. The van der Waals surface area contributed by atoms with Gasteiger partial charge in [0.05, 0.1) is 13.1 Å². The summed E-state index contributed by atoms with van der Waals surface area (Å²) >= 11 is 0. The summed E-state index contributed by atoms with van der Waals surface area (Å²) in [7, 11) is 0. The van der Waals surface area contributed by atoms with Gasteiger partial charge in [-0.3, -0.25) is 0 Å². The highest BCUT2D eigenvalue weighted by Gasteiger charge is 2.07. The molecule has 0 aromatic heterocycles. The molecule has 0 unspecified atom stereocenters. The molecule has 0 rings (SSSR count). The molecule has 0 heterocycles. The number of hydrogen-bond acceptors (Lipinski definition) is 2. The first-order chi connectivity index (χ1) is 4.72. The molecule has 4 heteroatoms. The summed E-state index contributed by atoms with van der Waals surface area (Å²) in [4.78, 5) is 10.1. The van der Waals surface area contributed by atoms with Crippen LogP contribution in [-0.2, 0) is 0 Å². The van der Waals surface area contributed by atoms with E-state index in [4.69, 9.17) is 0 Å². The molecule has 0 bridgehead atoms. The number of hydrogen-bond donors (Lipinski definition) is 0. The van der Waals surface area contributed by atoms with Crippen LogP contribution in [0.1, 0.15) is 0 Å². The maximum atomic E-state index is 10.1. The van der Waals surface area contributed by atoms with E-state index in [0.29, 0.717) is 0 Å². The van der Waals surface area contributed by atoms with E-state index in [1.807, 2.05) is 0 Å². The Hall–Kier alpha value is -1.32. The zero-order valence-electron chi connectivity index (χ0n) is 5.69. The zero-order valence-corrected chi connectivity index (χ0v) is 5.69. The number of nitrogens with zero attached hydrogens (tertiary/aromatic N) is 2. The first kappa shape index (κ1) is 8.68. The summed E-state index contributed by atoms with van der Waals surface area (Å²) in [6, 6.07) is 0. The van der Waals surface area contributed by atoms with Crippen LogP contribution in [0.15, 0.2) is 25.3 Å². The summed E-state index contributed by atoms with van der Waals surface area (Å²) in [6.45, 7) is 7.27. The molecule has 0 amide bonds. The lowest BCUT2D eigenvalue weighted by molar-refractivity contribution is -0.651. The van der Waals surface area contributed by atoms with Gasteiger partial charge >= 0.3 is 0 Å². The number of rotatable bonds is 5. The van der Waals surface area contributed by atoms with Crippen LogP contribution in [0.25, 0.3) is 0 Å². The van der Waals surface area contributed by atoms with Crippen molar-refractivity contribution in [1.29, 1.82) is 0 Å². The molecule has 10 heavy (non-hydrogen) atoms. The van der Waals surface area contributed by atoms with E-state index in [1.165, 1.54) is 12.2 Å². The van der Waals surface area contributed by atoms with Crippen molar-refractivity contribution in [3.8, 4) is 0 Å². The van der Waals surface area contributed by atoms with Crippen LogP contribution in [0.5, 0.6) is 0 Å². The second-order valence-electron chi connectivity index (χ2n) is 1.69. The van der Waals surface area contributed by atoms with Crippen molar-refractivity contribution in [3.05, 3.63) is 35.4 Å². The van der Waals surface area contributed by atoms with Gasteiger partial charge in [0.1, 0.15) is 0 Å². The van der Waals surface area contributed by atoms with E-state index in [0.717, 1.165) is 5.01 Å². The SMILES string of the molecule is C=CCN(CC=C)[N+](=O)[O-]. The molecule has 56 valence electrons. The van der Waals surface area contributed by atoms with Gasteiger partial charge in [-0.25, -0.2) is 10.1 Å². The fraction of sp³-hybridized carbons (Fsp3) is 0.333. The van der Waals surface area contributed by atoms with Crippen molar-refractivity contribution >= 4 is 0 Å². The smallest absolute Gasteiger partial charge is 0.160 e. The Morgan fingerprint density at radius 1 is 1.40 bits per heavy atom. The minimum atomic E-state index is -0.469. The normalized spacial score (nSPS) is 8.40. The van der Waals surface area contributed by atoms with Crippen LogP contribution in [0, 0.1) is 10.1 Å². The molecule has 0 aromatic carbocycles. The van der Waals surface area contributed by atoms with Gasteiger partial charge in [-0.1, -0.05) is 12.2 Å². The predicted octanol–water partition coefficient (Wildman–Crippen LogP) is 0.852. The third kappa shape index (κ3) is 2.86. The Morgan fingerprint density at radius 2 is 1.80 bits per heavy atom. The largest absolute Gasteiger partial charge is 0.235 e. The Labute approximate surface area is 59.6 Å². The fourth-order valence-electron chi connectivity index (χ4n) is 0.506. The molecule has 0 radical (unpaired) electrons. The molecule has 0 aromatic rings. The maximum Gasteiger partial charge on any atom is 0.160 e. The molecule has 0 aliphatic rings. The van der Waals surface area contributed by atoms with E-state index in [9.17, 15) is 10.1 Å². The van der Waals surface area contributed by atoms with Gasteiger partial charge in [0.25, 0.3) is 0 Å². The molecule has 0 fully saturated rings. The first-order valence-electron chi connectivity index (χ1n) is 2.83. The summed E-state index contributed by atoms with van der Waals surface area (Å²) in [6.07, 6.45) is 2.96. The summed E-state index contributed by atoms with van der Waals surface area (Å²) in [5.74, 6) is 0. The molecule has 0 atom stereocenters. The van der Waals surface area contributed by atoms with Crippen molar-refractivity contribution < 1.29 is 5.03 Å². The number of hydrazine groups is 1. The fourth-order valence-corrected chi connectivity index (χ4v) is 0.506. The Morgan fingerprint density at radius 3 is 2.00 bits per heavy atom. The zero-order chi connectivity index (χ0) is 7.98. The summed E-state index contributed by atoms with van der Waals surface area (Å²) in [5.41, 5.74) is 0. The maximum absolute atomic E-state index is 10.1. The van der Waals surface area contributed by atoms with Crippen molar-refractivity contribution in [2.24, 2.45) is 0 Å². The lowest BCUT2D eigenvalue weighted by Crippen LogP contribution is -2.29. The standard InChI is InChI=1S/C6H10N2O2/c1-3-5-7(6-4-2)8(9)10/h3-4H,1-2,5-6H2. The molecule has 0 saturated carbocycles. The van der Waals surface area contributed by atoms with Crippen LogP contribution in [0.4, 0.5) is 0 Å². The highest BCUT2D eigenvalue weighted by molar-refractivity contribution is 4.75. The molecular weight excluding hydrogens is 132 g/mol. The van der Waals surface area contributed by atoms with E-state index >= 15 is 0 Å². The lowest BCUT2D eigenvalue weighted by Gasteiger charge is -2.07. The van der Waals surface area contributed by atoms with Crippen LogP contribution in [-0.4, -0.2) is 23.1 Å². The Bertz CT molecular complexity index is 135. The van der Waals surface area contributed by atoms with Crippen molar-refractivity contribution in [2.75, 3.05) is 13.1 Å². The van der Waals surface area contributed by atoms with Crippen LogP contribution in [0.2, 0.25) is 0 Å². The molecule has 0 saturated heterocycles. The van der Waals surface area contributed by atoms with Crippen LogP contribution < -0.4 is 0 Å². The Kier molecular flexibility index (Phi) is 3.95. The van der Waals surface area contributed by atoms with Gasteiger partial charge in [-0.05, 0) is 0 Å². The minimum absolute atomic E-state index is 0.249. The monoisotopic (exact) mass is 142 g/mol. The van der Waals surface area contributed by atoms with Crippen LogP contribution in [0.3, 0.4) is 0 Å². The lowest BCUT2D eigenvalue weighted by atomic mass is 10.5. The van der Waals surface area contributed by atoms with E-state index in [1.54, 1.807) is 0 Å². The van der Waals surface area contributed by atoms with E-state index < -0.39 is 5.03 Å². The third-order valence-corrected chi connectivity index (χ3v) is 0.911. The van der Waals surface area contributed by atoms with Gasteiger partial charge in [0.15, 0.2) is 5.03 Å². The second-order valence-corrected chi connectivity index (χ2v) is 1.69. The van der Waals surface area contributed by atoms with Crippen molar-refractivity contribution in [3.63, 3.8) is 0 Å². The molecule has 0 spiro atoms. The summed E-state index contributed by atoms with van der Waals surface area (Å²) in [5, 5.41) is 10.7. The first-order valence-corrected chi connectivity index (χ1v) is 2.83. The molecule has 0 aliphatic heterocycles. The third-order valence-electron chi connectivity index (χ3n) is 0.911. The van der Waals surface area contributed by atoms with E-state index in [-0.39, 0.29) is 13.1 Å². The topological polar surface area (TPSA) is 46.4 Å².